The second-order valence-corrected chi connectivity index (χ2v) is 6.09. The van der Waals surface area contributed by atoms with Crippen LogP contribution in [-0.4, -0.2) is 5.91 Å². The van der Waals surface area contributed by atoms with Gasteiger partial charge in [0.15, 0.2) is 5.76 Å². The Bertz CT molecular complexity index is 875. The van der Waals surface area contributed by atoms with Crippen LogP contribution in [0.2, 0.25) is 0 Å². The first kappa shape index (κ1) is 16.8. The Morgan fingerprint density at radius 2 is 1.72 bits per heavy atom. The molecule has 0 aliphatic rings. The highest BCUT2D eigenvalue weighted by atomic mass is 16.5. The number of carbonyl (C=O) groups excluding carboxylic acids is 1. The molecule has 0 atom stereocenters. The van der Waals surface area contributed by atoms with Crippen molar-refractivity contribution >= 4 is 11.6 Å². The first-order valence-corrected chi connectivity index (χ1v) is 8.18. The van der Waals surface area contributed by atoms with Crippen LogP contribution in [0.3, 0.4) is 0 Å². The third kappa shape index (κ3) is 4.10. The monoisotopic (exact) mass is 335 g/mol. The number of carbonyl (C=O) groups is 1. The smallest absolute Gasteiger partial charge is 0.291 e. The van der Waals surface area contributed by atoms with Crippen LogP contribution in [0.5, 0.6) is 5.75 Å². The number of nitrogens with one attached hydrogen (secondary N) is 1. The highest BCUT2D eigenvalue weighted by molar-refractivity contribution is 6.03. The predicted octanol–water partition coefficient (Wildman–Crippen LogP) is 5.04. The van der Waals surface area contributed by atoms with E-state index in [9.17, 15) is 4.79 Å². The molecule has 128 valence electrons. The Morgan fingerprint density at radius 1 is 1.00 bits per heavy atom. The largest absolute Gasteiger partial charge is 0.486 e. The van der Waals surface area contributed by atoms with Gasteiger partial charge in [-0.25, -0.2) is 0 Å². The van der Waals surface area contributed by atoms with Crippen molar-refractivity contribution in [1.29, 1.82) is 0 Å². The third-order valence-electron chi connectivity index (χ3n) is 3.98. The minimum atomic E-state index is -0.265. The van der Waals surface area contributed by atoms with Crippen molar-refractivity contribution < 1.29 is 13.9 Å². The van der Waals surface area contributed by atoms with E-state index in [0.29, 0.717) is 5.76 Å². The van der Waals surface area contributed by atoms with Gasteiger partial charge in [0.05, 0.1) is 0 Å². The van der Waals surface area contributed by atoms with E-state index in [1.54, 1.807) is 12.1 Å². The Labute approximate surface area is 147 Å². The molecule has 0 fully saturated rings. The maximum Gasteiger partial charge on any atom is 0.291 e. The third-order valence-corrected chi connectivity index (χ3v) is 3.98. The number of anilines is 1. The molecule has 4 nitrogen and oxygen atoms in total. The molecule has 1 amide bonds. The molecule has 0 radical (unpaired) electrons. The number of hydrogen-bond donors (Lipinski definition) is 1. The van der Waals surface area contributed by atoms with Crippen molar-refractivity contribution in [3.8, 4) is 5.75 Å². The average molecular weight is 335 g/mol. The normalized spacial score (nSPS) is 10.5. The van der Waals surface area contributed by atoms with E-state index in [-0.39, 0.29) is 18.3 Å². The summed E-state index contributed by atoms with van der Waals surface area (Å²) in [4.78, 5) is 12.4. The quantitative estimate of drug-likeness (QED) is 0.711. The Kier molecular flexibility index (Phi) is 4.89. The number of ether oxygens (including phenoxy) is 1. The molecule has 0 unspecified atom stereocenters. The van der Waals surface area contributed by atoms with Crippen LogP contribution in [-0.2, 0) is 6.61 Å². The molecule has 0 saturated heterocycles. The van der Waals surface area contributed by atoms with E-state index in [4.69, 9.17) is 9.15 Å². The molecule has 0 bridgehead atoms. The number of furan rings is 1. The van der Waals surface area contributed by atoms with E-state index in [0.717, 1.165) is 28.1 Å². The van der Waals surface area contributed by atoms with E-state index < -0.39 is 0 Å². The highest BCUT2D eigenvalue weighted by Gasteiger charge is 2.14. The molecule has 3 aromatic rings. The molecular weight excluding hydrogens is 314 g/mol. The summed E-state index contributed by atoms with van der Waals surface area (Å²) in [6, 6.07) is 17.1. The van der Waals surface area contributed by atoms with Crippen LogP contribution in [0.25, 0.3) is 0 Å². The van der Waals surface area contributed by atoms with Gasteiger partial charge in [-0.1, -0.05) is 30.3 Å². The zero-order chi connectivity index (χ0) is 17.8. The molecular formula is C21H21NO3. The van der Waals surface area contributed by atoms with Gasteiger partial charge < -0.3 is 14.5 Å². The Balaban J connectivity index is 1.65. The molecule has 0 saturated carbocycles. The lowest BCUT2D eigenvalue weighted by atomic mass is 10.1. The topological polar surface area (TPSA) is 51.5 Å². The summed E-state index contributed by atoms with van der Waals surface area (Å²) >= 11 is 0. The van der Waals surface area contributed by atoms with Crippen molar-refractivity contribution in [2.75, 3.05) is 5.32 Å². The van der Waals surface area contributed by atoms with Crippen LogP contribution in [0.4, 0.5) is 5.69 Å². The van der Waals surface area contributed by atoms with Gasteiger partial charge in [-0.3, -0.25) is 4.79 Å². The lowest BCUT2D eigenvalue weighted by Crippen LogP contribution is -2.13. The van der Waals surface area contributed by atoms with Crippen molar-refractivity contribution in [3.05, 3.63) is 82.8 Å². The minimum Gasteiger partial charge on any atom is -0.486 e. The average Bonchev–Trinajstić information content (AvgIpc) is 3.05. The maximum atomic E-state index is 12.4. The van der Waals surface area contributed by atoms with Gasteiger partial charge in [-0.15, -0.1) is 0 Å². The van der Waals surface area contributed by atoms with Crippen LogP contribution >= 0.6 is 0 Å². The van der Waals surface area contributed by atoms with E-state index in [1.165, 1.54) is 0 Å². The Morgan fingerprint density at radius 3 is 2.44 bits per heavy atom. The first-order chi connectivity index (χ1) is 12.0. The molecule has 1 heterocycles. The highest BCUT2D eigenvalue weighted by Crippen LogP contribution is 2.21. The van der Waals surface area contributed by atoms with Crippen molar-refractivity contribution in [1.82, 2.24) is 0 Å². The van der Waals surface area contributed by atoms with Crippen LogP contribution in [0, 0.1) is 20.8 Å². The first-order valence-electron chi connectivity index (χ1n) is 8.18. The summed E-state index contributed by atoms with van der Waals surface area (Å²) in [5, 5.41) is 2.92. The minimum absolute atomic E-state index is 0.265. The molecule has 4 heteroatoms. The molecule has 0 aliphatic heterocycles. The fourth-order valence-electron chi connectivity index (χ4n) is 2.62. The zero-order valence-corrected chi connectivity index (χ0v) is 14.6. The number of benzene rings is 2. The molecule has 1 aromatic heterocycles. The van der Waals surface area contributed by atoms with Gasteiger partial charge in [-0.2, -0.15) is 0 Å². The fraction of sp³-hybridized carbons (Fsp3) is 0.190. The second-order valence-electron chi connectivity index (χ2n) is 6.09. The second kappa shape index (κ2) is 7.26. The summed E-state index contributed by atoms with van der Waals surface area (Å²) in [6.07, 6.45) is 0. The van der Waals surface area contributed by atoms with Crippen molar-refractivity contribution in [3.63, 3.8) is 0 Å². The summed E-state index contributed by atoms with van der Waals surface area (Å²) in [5.74, 6) is 1.38. The fourth-order valence-corrected chi connectivity index (χ4v) is 2.62. The van der Waals surface area contributed by atoms with Gasteiger partial charge >= 0.3 is 0 Å². The summed E-state index contributed by atoms with van der Waals surface area (Å²) in [6.45, 7) is 6.22. The van der Waals surface area contributed by atoms with Crippen LogP contribution in [0.15, 0.2) is 59.0 Å². The van der Waals surface area contributed by atoms with Gasteiger partial charge in [-0.05, 0) is 61.7 Å². The number of amides is 1. The number of rotatable bonds is 5. The van der Waals surface area contributed by atoms with E-state index in [1.807, 2.05) is 63.2 Å². The van der Waals surface area contributed by atoms with Crippen molar-refractivity contribution in [2.24, 2.45) is 0 Å². The SMILES string of the molecule is Cc1cccc(OCc2ccc(C(=O)Nc3c(C)cccc3C)o2)c1. The number of para-hydroxylation sites is 1. The predicted molar refractivity (Wildman–Crippen MR) is 98.1 cm³/mol. The van der Waals surface area contributed by atoms with Crippen LogP contribution < -0.4 is 10.1 Å². The molecule has 0 spiro atoms. The van der Waals surface area contributed by atoms with E-state index in [2.05, 4.69) is 5.32 Å². The zero-order valence-electron chi connectivity index (χ0n) is 14.6. The summed E-state index contributed by atoms with van der Waals surface area (Å²) in [5.41, 5.74) is 3.98. The molecule has 0 aliphatic carbocycles. The molecule has 2 aromatic carbocycles. The lowest BCUT2D eigenvalue weighted by Gasteiger charge is -2.10. The molecule has 3 rings (SSSR count). The van der Waals surface area contributed by atoms with E-state index >= 15 is 0 Å². The molecule has 1 N–H and O–H groups in total. The standard InChI is InChI=1S/C21H21NO3/c1-14-6-4-9-17(12-14)24-13-18-10-11-19(25-18)21(23)22-20-15(2)7-5-8-16(20)3/h4-12H,13H2,1-3H3,(H,22,23). The van der Waals surface area contributed by atoms with Crippen molar-refractivity contribution in [2.45, 2.75) is 27.4 Å². The van der Waals surface area contributed by atoms with Crippen LogP contribution in [0.1, 0.15) is 33.0 Å². The van der Waals surface area contributed by atoms with Gasteiger partial charge in [0.1, 0.15) is 18.1 Å². The molecule has 25 heavy (non-hydrogen) atoms. The number of aryl methyl sites for hydroxylation is 3. The maximum absolute atomic E-state index is 12.4. The Hall–Kier alpha value is -3.01. The summed E-state index contributed by atoms with van der Waals surface area (Å²) < 4.78 is 11.3. The number of hydrogen-bond acceptors (Lipinski definition) is 3. The summed E-state index contributed by atoms with van der Waals surface area (Å²) in [7, 11) is 0. The van der Waals surface area contributed by atoms with Gasteiger partial charge in [0.25, 0.3) is 5.91 Å². The van der Waals surface area contributed by atoms with Gasteiger partial charge in [0.2, 0.25) is 0 Å². The van der Waals surface area contributed by atoms with Gasteiger partial charge in [0, 0.05) is 5.69 Å². The lowest BCUT2D eigenvalue weighted by molar-refractivity contribution is 0.0992.